The Morgan fingerprint density at radius 2 is 2.11 bits per heavy atom. The van der Waals surface area contributed by atoms with Crippen LogP contribution in [-0.2, 0) is 6.42 Å². The van der Waals surface area contributed by atoms with Gasteiger partial charge in [-0.05, 0) is 73.4 Å². The predicted molar refractivity (Wildman–Crippen MR) is 151 cm³/mol. The molecule has 3 aliphatic heterocycles. The Bertz CT molecular complexity index is 1100. The van der Waals surface area contributed by atoms with E-state index in [2.05, 4.69) is 39.5 Å². The van der Waals surface area contributed by atoms with Gasteiger partial charge in [-0.1, -0.05) is 29.4 Å². The highest BCUT2D eigenvalue weighted by Gasteiger charge is 2.44. The Balaban J connectivity index is 1.15. The van der Waals surface area contributed by atoms with Crippen molar-refractivity contribution in [2.45, 2.75) is 56.6 Å². The molecule has 0 amide bonds. The molecule has 1 aliphatic carbocycles. The number of nitrogens with zero attached hydrogens (tertiary/aromatic N) is 1. The molecule has 10 N–H and O–H groups in total. The zero-order chi connectivity index (χ0) is 26.2. The topological polar surface area (TPSA) is 139 Å². The smallest absolute Gasteiger partial charge is 0.119 e. The molecule has 1 saturated heterocycles. The number of methoxy groups -OCH3 is 1. The first-order valence-corrected chi connectivity index (χ1v) is 14.1. The molecule has 0 aromatic heterocycles. The maximum atomic E-state index is 6.84. The predicted octanol–water partition coefficient (Wildman–Crippen LogP) is 1.85. The summed E-state index contributed by atoms with van der Waals surface area (Å²) in [5.41, 5.74) is 22.1. The second kappa shape index (κ2) is 11.0. The van der Waals surface area contributed by atoms with Crippen LogP contribution < -0.4 is 43.2 Å². The highest BCUT2D eigenvalue weighted by atomic mass is 35.5. The fraction of sp³-hybridized carbons (Fsp3) is 0.538. The molecular weight excluding hydrogens is 508 g/mol. The Morgan fingerprint density at radius 3 is 2.89 bits per heavy atom. The van der Waals surface area contributed by atoms with E-state index in [1.807, 2.05) is 24.2 Å². The van der Waals surface area contributed by atoms with Crippen LogP contribution in [-0.4, -0.2) is 50.6 Å². The third kappa shape index (κ3) is 5.41. The molecule has 5 rings (SSSR count). The monoisotopic (exact) mass is 546 g/mol. The highest BCUT2D eigenvalue weighted by Crippen LogP contribution is 2.51. The lowest BCUT2D eigenvalue weighted by molar-refractivity contribution is 0.163. The number of fused-ring (bicyclic) bond motifs is 1. The lowest BCUT2D eigenvalue weighted by Gasteiger charge is -2.39. The van der Waals surface area contributed by atoms with Gasteiger partial charge in [0.1, 0.15) is 23.9 Å². The zero-order valence-corrected chi connectivity index (χ0v) is 23.1. The fourth-order valence-corrected chi connectivity index (χ4v) is 7.12. The summed E-state index contributed by atoms with van der Waals surface area (Å²) >= 11 is 7.98. The van der Waals surface area contributed by atoms with Crippen molar-refractivity contribution >= 4 is 23.4 Å². The number of likely N-dealkylation sites (N-methyl/N-ethyl adjacent to an activating group) is 1. The molecule has 3 heterocycles. The third-order valence-corrected chi connectivity index (χ3v) is 9.69. The average molecular weight is 547 g/mol. The van der Waals surface area contributed by atoms with Gasteiger partial charge in [-0.2, -0.15) is 0 Å². The summed E-state index contributed by atoms with van der Waals surface area (Å²) < 4.78 is 5.44. The van der Waals surface area contributed by atoms with E-state index in [-0.39, 0.29) is 30.0 Å². The van der Waals surface area contributed by atoms with E-state index in [9.17, 15) is 0 Å². The quantitative estimate of drug-likeness (QED) is 0.293. The second-order valence-corrected chi connectivity index (χ2v) is 11.9. The number of halogens is 1. The molecule has 5 atom stereocenters. The first-order valence-electron chi connectivity index (χ1n) is 12.9. The van der Waals surface area contributed by atoms with Crippen LogP contribution in [0.5, 0.6) is 5.75 Å². The Morgan fingerprint density at radius 1 is 1.27 bits per heavy atom. The molecule has 5 unspecified atom stereocenters. The van der Waals surface area contributed by atoms with E-state index < -0.39 is 0 Å². The second-order valence-electron chi connectivity index (χ2n) is 10.5. The molecular formula is C26H39ClN8OS. The number of hydrogen-bond acceptors (Lipinski definition) is 10. The summed E-state index contributed by atoms with van der Waals surface area (Å²) in [5, 5.41) is 15.7. The van der Waals surface area contributed by atoms with Gasteiger partial charge in [-0.15, -0.1) is 0 Å². The first-order chi connectivity index (χ1) is 17.8. The number of allylic oxidation sites excluding steroid dienone is 1. The summed E-state index contributed by atoms with van der Waals surface area (Å²) in [4.78, 5) is 2.84. The number of thioether (sulfide) groups is 1. The fourth-order valence-electron chi connectivity index (χ4n) is 5.87. The van der Waals surface area contributed by atoms with Gasteiger partial charge in [-0.3, -0.25) is 5.32 Å². The van der Waals surface area contributed by atoms with E-state index in [4.69, 9.17) is 33.5 Å². The van der Waals surface area contributed by atoms with Gasteiger partial charge in [0.15, 0.2) is 0 Å². The maximum Gasteiger partial charge on any atom is 0.119 e. The molecule has 1 aromatic carbocycles. The van der Waals surface area contributed by atoms with Gasteiger partial charge in [0.05, 0.1) is 23.3 Å². The third-order valence-electron chi connectivity index (χ3n) is 8.14. The molecule has 1 aromatic rings. The van der Waals surface area contributed by atoms with Crippen molar-refractivity contribution in [3.63, 3.8) is 0 Å². The Kier molecular flexibility index (Phi) is 7.86. The van der Waals surface area contributed by atoms with Crippen LogP contribution in [0.25, 0.3) is 0 Å². The molecule has 37 heavy (non-hydrogen) atoms. The minimum absolute atomic E-state index is 0.0426. The van der Waals surface area contributed by atoms with Gasteiger partial charge in [0.25, 0.3) is 0 Å². The van der Waals surface area contributed by atoms with Gasteiger partial charge < -0.3 is 42.8 Å². The number of hydrogen-bond donors (Lipinski definition) is 7. The van der Waals surface area contributed by atoms with Crippen molar-refractivity contribution in [2.75, 3.05) is 27.2 Å². The number of ether oxygens (including phenoxy) is 1. The van der Waals surface area contributed by atoms with Gasteiger partial charge in [-0.25, -0.2) is 0 Å². The minimum Gasteiger partial charge on any atom is -0.497 e. The van der Waals surface area contributed by atoms with Crippen LogP contribution in [0.2, 0.25) is 0 Å². The SMILES string of the molecule is COc1ccc2c(c1)C(N)C1(CCCC(NC3NC=C(SC4=CCN(C)C(N)=C4Cl)NC3N)NCC1)C2. The summed E-state index contributed by atoms with van der Waals surface area (Å²) in [6, 6.07) is 6.40. The molecule has 1 spiro atoms. The normalized spacial score (nSPS) is 32.1. The number of nitrogens with one attached hydrogen (secondary N) is 4. The van der Waals surface area contributed by atoms with Gasteiger partial charge in [0, 0.05) is 30.7 Å². The maximum absolute atomic E-state index is 6.84. The van der Waals surface area contributed by atoms with Crippen LogP contribution in [0, 0.1) is 5.41 Å². The van der Waals surface area contributed by atoms with Crippen molar-refractivity contribution in [3.05, 3.63) is 62.4 Å². The molecule has 202 valence electrons. The summed E-state index contributed by atoms with van der Waals surface area (Å²) in [6.45, 7) is 1.62. The zero-order valence-electron chi connectivity index (χ0n) is 21.5. The minimum atomic E-state index is -0.300. The molecule has 1 fully saturated rings. The average Bonchev–Trinajstić information content (AvgIpc) is 3.15. The Hall–Kier alpha value is -2.08. The van der Waals surface area contributed by atoms with Crippen LogP contribution in [0.3, 0.4) is 0 Å². The van der Waals surface area contributed by atoms with Crippen molar-refractivity contribution in [3.8, 4) is 5.75 Å². The van der Waals surface area contributed by atoms with Gasteiger partial charge >= 0.3 is 0 Å². The number of nitrogens with two attached hydrogens (primary N) is 3. The molecule has 4 aliphatic rings. The van der Waals surface area contributed by atoms with E-state index in [1.165, 1.54) is 22.9 Å². The molecule has 0 radical (unpaired) electrons. The van der Waals surface area contributed by atoms with Crippen molar-refractivity contribution in [2.24, 2.45) is 22.6 Å². The van der Waals surface area contributed by atoms with Gasteiger partial charge in [0.2, 0.25) is 0 Å². The lowest BCUT2D eigenvalue weighted by Crippen LogP contribution is -2.65. The van der Waals surface area contributed by atoms with Crippen LogP contribution >= 0.6 is 23.4 Å². The standard InChI is InChI=1S/C26H39ClN8OS/c1-35-11-7-18(21(27)24(35)30)37-20-14-32-25(23(29)34-20)33-19-4-3-8-26(9-10-31-19)13-15-5-6-16(36-2)12-17(15)22(26)28/h5-7,12,14,19,22-23,25,31-34H,3-4,8-11,13,28-30H2,1-2H3. The van der Waals surface area contributed by atoms with Crippen LogP contribution in [0.4, 0.5) is 0 Å². The summed E-state index contributed by atoms with van der Waals surface area (Å²) in [6.07, 6.45) is 9.05. The first kappa shape index (κ1) is 26.5. The largest absolute Gasteiger partial charge is 0.497 e. The van der Waals surface area contributed by atoms with E-state index in [0.29, 0.717) is 10.9 Å². The van der Waals surface area contributed by atoms with E-state index in [1.54, 1.807) is 7.11 Å². The Labute approximate surface area is 228 Å². The molecule has 0 bridgehead atoms. The van der Waals surface area contributed by atoms with Crippen molar-refractivity contribution in [1.82, 2.24) is 26.2 Å². The highest BCUT2D eigenvalue weighted by molar-refractivity contribution is 8.07. The van der Waals surface area contributed by atoms with Crippen LogP contribution in [0.1, 0.15) is 42.9 Å². The number of rotatable bonds is 5. The summed E-state index contributed by atoms with van der Waals surface area (Å²) in [7, 11) is 3.63. The molecule has 9 nitrogen and oxygen atoms in total. The van der Waals surface area contributed by atoms with E-state index in [0.717, 1.165) is 60.9 Å². The van der Waals surface area contributed by atoms with Crippen LogP contribution in [0.15, 0.2) is 51.3 Å². The number of benzene rings is 1. The lowest BCUT2D eigenvalue weighted by atomic mass is 9.73. The van der Waals surface area contributed by atoms with E-state index >= 15 is 0 Å². The summed E-state index contributed by atoms with van der Waals surface area (Å²) in [5.74, 6) is 1.46. The molecule has 0 saturated carbocycles. The molecule has 11 heteroatoms. The van der Waals surface area contributed by atoms with Crippen molar-refractivity contribution < 1.29 is 4.74 Å². The van der Waals surface area contributed by atoms with Crippen molar-refractivity contribution in [1.29, 1.82) is 0 Å².